The second kappa shape index (κ2) is 21.4. The highest BCUT2D eigenvalue weighted by molar-refractivity contribution is 8.40. The maximum absolute atomic E-state index is 4.54. The Labute approximate surface area is 233 Å². The van der Waals surface area contributed by atoms with Crippen molar-refractivity contribution in [3.05, 3.63) is 0 Å². The van der Waals surface area contributed by atoms with Crippen LogP contribution in [0.4, 0.5) is 0 Å². The van der Waals surface area contributed by atoms with E-state index in [-0.39, 0.29) is 6.82 Å². The van der Waals surface area contributed by atoms with E-state index in [1.807, 2.05) is 94.1 Å². The maximum atomic E-state index is 4.54. The summed E-state index contributed by atoms with van der Waals surface area (Å²) in [6.07, 6.45) is 2.27. The molecule has 0 N–H and O–H groups in total. The topological polar surface area (TPSA) is 0 Å². The average molecular weight is 633 g/mol. The Hall–Kier alpha value is 4.90. The number of hydrogen-bond donors (Lipinski definition) is 6. The molecule has 0 saturated carbocycles. The molecule has 0 rings (SSSR count). The molecule has 0 aromatic heterocycles. The average Bonchev–Trinajstić information content (AvgIpc) is 2.62. The summed E-state index contributed by atoms with van der Waals surface area (Å²) in [5.74, 6) is 2.40. The molecule has 0 atom stereocenters. The lowest BCUT2D eigenvalue weighted by Crippen LogP contribution is -2.29. The Morgan fingerprint density at radius 2 is 0.889 bits per heavy atom. The number of thiol groups is 6. The van der Waals surface area contributed by atoms with Gasteiger partial charge in [-0.05, 0) is 17.9 Å². The highest BCUT2D eigenvalue weighted by atomic mass is 32.3. The van der Waals surface area contributed by atoms with E-state index in [2.05, 4.69) is 75.8 Å². The second-order valence-electron chi connectivity index (χ2n) is 4.47. The van der Waals surface area contributed by atoms with E-state index >= 15 is 0 Å². The molecule has 0 heterocycles. The van der Waals surface area contributed by atoms with E-state index in [1.165, 1.54) is 17.9 Å². The standard InChI is InChI=1S/C13H28S14/c14-5-20-2-1-3-21-11-27-13(25-9-18,26-10-19)4-12(22-6-15,23-7-16)24-8-17/h14-19H,1-11H2. The van der Waals surface area contributed by atoms with Gasteiger partial charge < -0.3 is 0 Å². The molecule has 0 aliphatic rings. The second-order valence-corrected chi connectivity index (χ2v) is 20.7. The zero-order chi connectivity index (χ0) is 20.4. The lowest BCUT2D eigenvalue weighted by Gasteiger charge is -2.40. The molecule has 0 aromatic carbocycles. The molecular weight excluding hydrogens is 605 g/mol. The van der Waals surface area contributed by atoms with Crippen molar-refractivity contribution in [3.63, 3.8) is 0 Å². The first-order valence-electron chi connectivity index (χ1n) is 7.72. The molecule has 0 amide bonds. The Morgan fingerprint density at radius 1 is 0.481 bits per heavy atom. The predicted molar refractivity (Wildman–Crippen MR) is 173 cm³/mol. The van der Waals surface area contributed by atoms with Gasteiger partial charge in [-0.1, -0.05) is 0 Å². The van der Waals surface area contributed by atoms with Crippen LogP contribution in [0, 0.1) is 0 Å². The molecule has 0 bridgehead atoms. The quantitative estimate of drug-likeness (QED) is 0.0446. The van der Waals surface area contributed by atoms with Gasteiger partial charge in [0.15, 0.2) is 0 Å². The first-order valence-corrected chi connectivity index (χ1v) is 19.7. The SMILES string of the molecule is SCSCCCSCSC(CC(SCS)(SCS)SCS)(SCS)SCS. The third-order valence-electron chi connectivity index (χ3n) is 2.89. The van der Waals surface area contributed by atoms with Crippen LogP contribution < -0.4 is 0 Å². The van der Waals surface area contributed by atoms with E-state index in [0.717, 1.165) is 42.0 Å². The molecule has 0 radical (unpaired) electrons. The zero-order valence-corrected chi connectivity index (χ0v) is 26.6. The minimum atomic E-state index is -0.00196. The number of rotatable bonds is 20. The van der Waals surface area contributed by atoms with Crippen LogP contribution in [-0.2, 0) is 0 Å². The molecule has 0 unspecified atom stereocenters. The maximum Gasteiger partial charge on any atom is 0.112 e. The van der Waals surface area contributed by atoms with E-state index < -0.39 is 0 Å². The van der Waals surface area contributed by atoms with Crippen LogP contribution in [0.2, 0.25) is 0 Å². The highest BCUT2D eigenvalue weighted by Gasteiger charge is 2.43. The Kier molecular flexibility index (Phi) is 25.3. The Bertz CT molecular complexity index is 307. The van der Waals surface area contributed by atoms with Crippen LogP contribution in [0.3, 0.4) is 0 Å². The van der Waals surface area contributed by atoms with Crippen molar-refractivity contribution >= 4 is 170 Å². The van der Waals surface area contributed by atoms with Crippen molar-refractivity contribution in [3.8, 4) is 0 Å². The minimum absolute atomic E-state index is 0.00196. The molecule has 27 heavy (non-hydrogen) atoms. The van der Waals surface area contributed by atoms with Gasteiger partial charge >= 0.3 is 0 Å². The molecule has 164 valence electrons. The lowest BCUT2D eigenvalue weighted by molar-refractivity contribution is 0.949. The molecule has 0 fully saturated rings. The van der Waals surface area contributed by atoms with Gasteiger partial charge in [0.1, 0.15) is 6.82 Å². The lowest BCUT2D eigenvalue weighted by atomic mass is 10.5. The van der Waals surface area contributed by atoms with Gasteiger partial charge in [0, 0.05) is 42.0 Å². The van der Waals surface area contributed by atoms with Gasteiger partial charge in [0.2, 0.25) is 0 Å². The molecule has 0 aliphatic heterocycles. The summed E-state index contributed by atoms with van der Waals surface area (Å²) in [6.45, 7) is 0. The van der Waals surface area contributed by atoms with Gasteiger partial charge in [0.25, 0.3) is 0 Å². The predicted octanol–water partition coefficient (Wildman–Crippen LogP) is 8.22. The summed E-state index contributed by atoms with van der Waals surface area (Å²) in [4.78, 5) is 0. The molecule has 0 nitrogen and oxygen atoms in total. The fraction of sp³-hybridized carbons (Fsp3) is 1.00. The van der Waals surface area contributed by atoms with E-state index in [1.54, 1.807) is 0 Å². The summed E-state index contributed by atoms with van der Waals surface area (Å²) in [5.41, 5.74) is 0. The first kappa shape index (κ1) is 31.9. The minimum Gasteiger partial charge on any atom is -0.168 e. The third kappa shape index (κ3) is 15.4. The van der Waals surface area contributed by atoms with Crippen molar-refractivity contribution in [1.82, 2.24) is 0 Å². The van der Waals surface area contributed by atoms with E-state index in [0.29, 0.717) is 0 Å². The molecule has 0 aromatic rings. The van der Waals surface area contributed by atoms with Crippen LogP contribution in [0.1, 0.15) is 12.8 Å². The van der Waals surface area contributed by atoms with Gasteiger partial charge in [-0.15, -0.1) is 70.6 Å². The van der Waals surface area contributed by atoms with Crippen LogP contribution in [0.15, 0.2) is 0 Å². The summed E-state index contributed by atoms with van der Waals surface area (Å²) in [5, 5.41) is 5.97. The fourth-order valence-corrected chi connectivity index (χ4v) is 19.0. The number of hydrogen-bond acceptors (Lipinski definition) is 14. The van der Waals surface area contributed by atoms with E-state index in [4.69, 9.17) is 0 Å². The van der Waals surface area contributed by atoms with Crippen molar-refractivity contribution in [1.29, 1.82) is 0 Å². The van der Waals surface area contributed by atoms with Gasteiger partial charge in [-0.2, -0.15) is 99.3 Å². The van der Waals surface area contributed by atoms with Crippen molar-refractivity contribution in [2.75, 3.05) is 47.1 Å². The molecular formula is C13H28S14. The van der Waals surface area contributed by atoms with Gasteiger partial charge in [-0.3, -0.25) is 0 Å². The molecule has 0 saturated heterocycles. The third-order valence-corrected chi connectivity index (χ3v) is 16.2. The van der Waals surface area contributed by atoms with E-state index in [9.17, 15) is 0 Å². The van der Waals surface area contributed by atoms with Crippen molar-refractivity contribution in [2.24, 2.45) is 0 Å². The highest BCUT2D eigenvalue weighted by Crippen LogP contribution is 2.61. The molecule has 14 heteroatoms. The normalized spacial score (nSPS) is 12.7. The number of thioether (sulfide) groups is 8. The smallest absolute Gasteiger partial charge is 0.112 e. The van der Waals surface area contributed by atoms with Crippen LogP contribution >= 0.6 is 170 Å². The first-order chi connectivity index (χ1) is 13.1. The van der Waals surface area contributed by atoms with Gasteiger partial charge in [0.05, 0.1) is 0 Å². The fourth-order valence-electron chi connectivity index (χ4n) is 1.83. The summed E-state index contributed by atoms with van der Waals surface area (Å²) in [6, 6.07) is 0. The largest absolute Gasteiger partial charge is 0.168 e. The zero-order valence-electron chi connectivity index (χ0n) is 14.7. The van der Waals surface area contributed by atoms with Crippen LogP contribution in [-0.4, -0.2) is 53.9 Å². The van der Waals surface area contributed by atoms with Crippen LogP contribution in [0.25, 0.3) is 0 Å². The summed E-state index contributed by atoms with van der Waals surface area (Å²) >= 11 is 42.3. The summed E-state index contributed by atoms with van der Waals surface area (Å²) in [7, 11) is 0. The monoisotopic (exact) mass is 632 g/mol. The van der Waals surface area contributed by atoms with Crippen LogP contribution in [0.5, 0.6) is 0 Å². The summed E-state index contributed by atoms with van der Waals surface area (Å²) < 4.78 is 0.0240. The van der Waals surface area contributed by atoms with Crippen molar-refractivity contribution in [2.45, 2.75) is 19.7 Å². The Morgan fingerprint density at radius 3 is 1.30 bits per heavy atom. The van der Waals surface area contributed by atoms with Gasteiger partial charge in [-0.25, -0.2) is 0 Å². The van der Waals surface area contributed by atoms with Crippen molar-refractivity contribution < 1.29 is 0 Å². The molecule has 0 spiro atoms. The Balaban J connectivity index is 5.04. The molecule has 0 aliphatic carbocycles.